The highest BCUT2D eigenvalue weighted by Crippen LogP contribution is 2.29. The lowest BCUT2D eigenvalue weighted by atomic mass is 9.88. The number of nitrogens with one attached hydrogen (secondary N) is 1. The molecule has 3 aliphatic heterocycles. The van der Waals surface area contributed by atoms with Gasteiger partial charge in [-0.2, -0.15) is 0 Å². The minimum Gasteiger partial charge on any atom is -0.379 e. The first kappa shape index (κ1) is 17.5. The maximum atomic E-state index is 13.1. The molecule has 7 nitrogen and oxygen atoms in total. The van der Waals surface area contributed by atoms with Gasteiger partial charge >= 0.3 is 6.03 Å². The third-order valence-electron chi connectivity index (χ3n) is 5.51. The van der Waals surface area contributed by atoms with Crippen LogP contribution >= 0.6 is 0 Å². The van der Waals surface area contributed by atoms with Gasteiger partial charge in [0.1, 0.15) is 5.54 Å². The van der Waals surface area contributed by atoms with Crippen molar-refractivity contribution >= 4 is 11.9 Å². The van der Waals surface area contributed by atoms with Crippen LogP contribution in [0, 0.1) is 0 Å². The Morgan fingerprint density at radius 2 is 1.81 bits per heavy atom. The predicted octanol–water partition coefficient (Wildman–Crippen LogP) is 0.863. The fourth-order valence-electron chi connectivity index (χ4n) is 4.14. The second-order valence-electron chi connectivity index (χ2n) is 7.42. The van der Waals surface area contributed by atoms with Crippen molar-refractivity contribution in [3.05, 3.63) is 35.9 Å². The van der Waals surface area contributed by atoms with E-state index in [4.69, 9.17) is 4.74 Å². The highest BCUT2D eigenvalue weighted by atomic mass is 16.5. The van der Waals surface area contributed by atoms with Gasteiger partial charge in [-0.05, 0) is 24.9 Å². The van der Waals surface area contributed by atoms with Crippen LogP contribution in [-0.2, 0) is 16.1 Å². The zero-order chi connectivity index (χ0) is 18.0. The molecule has 3 amide bonds. The standard InChI is InChI=1S/C19H26N4O3/c24-17-19(20-18(25)23(17)15-21-9-11-26-12-10-21)7-4-8-22(14-19)13-16-5-2-1-3-6-16/h1-3,5-6H,4,7-15H2,(H,20,25)/t19-/m0/s1. The molecule has 1 atom stereocenters. The highest BCUT2D eigenvalue weighted by molar-refractivity contribution is 6.07. The molecule has 0 aromatic heterocycles. The predicted molar refractivity (Wildman–Crippen MR) is 96.3 cm³/mol. The number of nitrogens with zero attached hydrogens (tertiary/aromatic N) is 3. The summed E-state index contributed by atoms with van der Waals surface area (Å²) in [6.07, 6.45) is 1.62. The van der Waals surface area contributed by atoms with Gasteiger partial charge in [0.05, 0.1) is 19.9 Å². The average Bonchev–Trinajstić information content (AvgIpc) is 2.87. The second kappa shape index (κ2) is 7.34. The quantitative estimate of drug-likeness (QED) is 0.809. The number of amides is 3. The smallest absolute Gasteiger partial charge is 0.326 e. The highest BCUT2D eigenvalue weighted by Gasteiger charge is 2.53. The molecule has 0 saturated carbocycles. The summed E-state index contributed by atoms with van der Waals surface area (Å²) in [5, 5.41) is 3.01. The van der Waals surface area contributed by atoms with E-state index in [1.54, 1.807) is 0 Å². The summed E-state index contributed by atoms with van der Waals surface area (Å²) in [5.74, 6) is -0.0771. The zero-order valence-corrected chi connectivity index (χ0v) is 15.0. The first-order chi connectivity index (χ1) is 12.7. The number of morpholine rings is 1. The molecule has 4 rings (SSSR count). The molecule has 1 spiro atoms. The molecule has 0 unspecified atom stereocenters. The Labute approximate surface area is 153 Å². The largest absolute Gasteiger partial charge is 0.379 e. The molecule has 3 aliphatic rings. The molecule has 3 heterocycles. The van der Waals surface area contributed by atoms with Gasteiger partial charge in [-0.25, -0.2) is 9.69 Å². The fourth-order valence-corrected chi connectivity index (χ4v) is 4.14. The number of hydrogen-bond acceptors (Lipinski definition) is 5. The summed E-state index contributed by atoms with van der Waals surface area (Å²) in [6.45, 7) is 5.49. The van der Waals surface area contributed by atoms with E-state index < -0.39 is 5.54 Å². The Hall–Kier alpha value is -1.96. The molecule has 3 fully saturated rings. The van der Waals surface area contributed by atoms with Gasteiger partial charge in [-0.1, -0.05) is 30.3 Å². The molecule has 1 N–H and O–H groups in total. The third-order valence-corrected chi connectivity index (χ3v) is 5.51. The molecular formula is C19H26N4O3. The number of hydrogen-bond donors (Lipinski definition) is 1. The van der Waals surface area contributed by atoms with E-state index in [2.05, 4.69) is 27.2 Å². The van der Waals surface area contributed by atoms with Crippen molar-refractivity contribution in [3.63, 3.8) is 0 Å². The average molecular weight is 358 g/mol. The number of rotatable bonds is 4. The molecule has 1 aromatic rings. The first-order valence-electron chi connectivity index (χ1n) is 9.37. The van der Waals surface area contributed by atoms with Crippen LogP contribution in [0.4, 0.5) is 4.79 Å². The number of likely N-dealkylation sites (tertiary alicyclic amines) is 1. The van der Waals surface area contributed by atoms with Crippen LogP contribution < -0.4 is 5.32 Å². The molecular weight excluding hydrogens is 332 g/mol. The maximum Gasteiger partial charge on any atom is 0.326 e. The summed E-state index contributed by atoms with van der Waals surface area (Å²) < 4.78 is 5.35. The normalized spacial score (nSPS) is 27.9. The van der Waals surface area contributed by atoms with E-state index in [9.17, 15) is 9.59 Å². The number of urea groups is 1. The van der Waals surface area contributed by atoms with Crippen molar-refractivity contribution in [2.24, 2.45) is 0 Å². The summed E-state index contributed by atoms with van der Waals surface area (Å²) in [4.78, 5) is 31.4. The van der Waals surface area contributed by atoms with Gasteiger partial charge in [0.15, 0.2) is 0 Å². The van der Waals surface area contributed by atoms with E-state index in [1.807, 2.05) is 18.2 Å². The molecule has 0 bridgehead atoms. The van der Waals surface area contributed by atoms with Crippen LogP contribution in [0.3, 0.4) is 0 Å². The van der Waals surface area contributed by atoms with Crippen LogP contribution in [0.15, 0.2) is 30.3 Å². The van der Waals surface area contributed by atoms with E-state index in [0.29, 0.717) is 32.8 Å². The lowest BCUT2D eigenvalue weighted by molar-refractivity contribution is -0.135. The monoisotopic (exact) mass is 358 g/mol. The first-order valence-corrected chi connectivity index (χ1v) is 9.37. The van der Waals surface area contributed by atoms with E-state index in [1.165, 1.54) is 10.5 Å². The second-order valence-corrected chi connectivity index (χ2v) is 7.42. The molecule has 7 heteroatoms. The Kier molecular flexibility index (Phi) is 4.93. The van der Waals surface area contributed by atoms with E-state index >= 15 is 0 Å². The Morgan fingerprint density at radius 3 is 2.58 bits per heavy atom. The maximum absolute atomic E-state index is 13.1. The van der Waals surface area contributed by atoms with Gasteiger partial charge < -0.3 is 10.1 Å². The van der Waals surface area contributed by atoms with Crippen LogP contribution in [-0.4, -0.2) is 78.2 Å². The lowest BCUT2D eigenvalue weighted by Gasteiger charge is -2.38. The number of benzene rings is 1. The number of carbonyl (C=O) groups is 2. The number of carbonyl (C=O) groups excluding carboxylic acids is 2. The van der Waals surface area contributed by atoms with Crippen molar-refractivity contribution in [1.82, 2.24) is 20.0 Å². The molecule has 1 aromatic carbocycles. The van der Waals surface area contributed by atoms with Gasteiger partial charge in [0.2, 0.25) is 0 Å². The van der Waals surface area contributed by atoms with Crippen LogP contribution in [0.2, 0.25) is 0 Å². The number of piperidine rings is 1. The number of imide groups is 1. The molecule has 26 heavy (non-hydrogen) atoms. The Bertz CT molecular complexity index is 662. The van der Waals surface area contributed by atoms with Gasteiger partial charge in [0.25, 0.3) is 5.91 Å². The number of ether oxygens (including phenoxy) is 1. The van der Waals surface area contributed by atoms with Gasteiger partial charge in [-0.3, -0.25) is 14.6 Å². The van der Waals surface area contributed by atoms with Crippen molar-refractivity contribution in [1.29, 1.82) is 0 Å². The topological polar surface area (TPSA) is 65.1 Å². The summed E-state index contributed by atoms with van der Waals surface area (Å²) in [5.41, 5.74) is 0.461. The molecule has 3 saturated heterocycles. The summed E-state index contributed by atoms with van der Waals surface area (Å²) >= 11 is 0. The van der Waals surface area contributed by atoms with E-state index in [-0.39, 0.29) is 11.9 Å². The summed E-state index contributed by atoms with van der Waals surface area (Å²) in [7, 11) is 0. The van der Waals surface area contributed by atoms with Crippen molar-refractivity contribution < 1.29 is 14.3 Å². The van der Waals surface area contributed by atoms with Crippen molar-refractivity contribution in [2.45, 2.75) is 24.9 Å². The SMILES string of the molecule is O=C1N[C@]2(CCCN(Cc3ccccc3)C2)C(=O)N1CN1CCOCC1. The summed E-state index contributed by atoms with van der Waals surface area (Å²) in [6, 6.07) is 10.00. The van der Waals surface area contributed by atoms with E-state index in [0.717, 1.165) is 32.6 Å². The van der Waals surface area contributed by atoms with Gasteiger partial charge in [-0.15, -0.1) is 0 Å². The molecule has 0 aliphatic carbocycles. The zero-order valence-electron chi connectivity index (χ0n) is 15.0. The fraction of sp³-hybridized carbons (Fsp3) is 0.579. The van der Waals surface area contributed by atoms with Crippen molar-refractivity contribution in [3.8, 4) is 0 Å². The van der Waals surface area contributed by atoms with Crippen LogP contribution in [0.1, 0.15) is 18.4 Å². The lowest BCUT2D eigenvalue weighted by Crippen LogP contribution is -2.58. The molecule has 140 valence electrons. The minimum absolute atomic E-state index is 0.0771. The van der Waals surface area contributed by atoms with Crippen LogP contribution in [0.25, 0.3) is 0 Å². The molecule has 0 radical (unpaired) electrons. The Balaban J connectivity index is 1.43. The van der Waals surface area contributed by atoms with Crippen molar-refractivity contribution in [2.75, 3.05) is 46.1 Å². The minimum atomic E-state index is -0.767. The Morgan fingerprint density at radius 1 is 1.04 bits per heavy atom. The van der Waals surface area contributed by atoms with Gasteiger partial charge in [0, 0.05) is 26.2 Å². The van der Waals surface area contributed by atoms with Crippen LogP contribution in [0.5, 0.6) is 0 Å². The third kappa shape index (κ3) is 3.47.